The zero-order chi connectivity index (χ0) is 40.9. The average molecular weight is 815 g/mol. The number of benzene rings is 4. The van der Waals surface area contributed by atoms with E-state index >= 15 is 0 Å². The fourth-order valence-electron chi connectivity index (χ4n) is 7.98. The van der Waals surface area contributed by atoms with Crippen LogP contribution in [0.15, 0.2) is 114 Å². The van der Waals surface area contributed by atoms with E-state index in [0.717, 1.165) is 73.3 Å². The molecule has 4 heterocycles. The van der Waals surface area contributed by atoms with E-state index in [9.17, 15) is 23.3 Å². The molecule has 0 bridgehead atoms. The van der Waals surface area contributed by atoms with Crippen molar-refractivity contribution in [2.24, 2.45) is 5.92 Å². The lowest BCUT2D eigenvalue weighted by atomic mass is 10.00. The maximum absolute atomic E-state index is 13.9. The molecule has 0 spiro atoms. The number of amides is 1. The van der Waals surface area contributed by atoms with Crippen LogP contribution in [0.1, 0.15) is 54.1 Å². The highest BCUT2D eigenvalue weighted by Gasteiger charge is 2.28. The summed E-state index contributed by atoms with van der Waals surface area (Å²) in [5.41, 5.74) is 5.83. The van der Waals surface area contributed by atoms with Gasteiger partial charge in [-0.2, -0.15) is 0 Å². The van der Waals surface area contributed by atoms with Gasteiger partial charge in [-0.25, -0.2) is 18.1 Å². The fraction of sp³-hybridized carbons (Fsp3) is 0.289. The molecule has 13 nitrogen and oxygen atoms in total. The normalized spacial score (nSPS) is 15.9. The van der Waals surface area contributed by atoms with Crippen molar-refractivity contribution in [3.8, 4) is 22.6 Å². The average Bonchev–Trinajstić information content (AvgIpc) is 3.92. The number of fused-ring (bicyclic) bond motifs is 1. The van der Waals surface area contributed by atoms with Gasteiger partial charge in [0.15, 0.2) is 0 Å². The van der Waals surface area contributed by atoms with Gasteiger partial charge in [0.05, 0.1) is 21.6 Å². The van der Waals surface area contributed by atoms with Crippen LogP contribution in [0, 0.1) is 16.0 Å². The number of H-pyrrole nitrogens is 1. The second-order valence-electron chi connectivity index (χ2n) is 15.1. The van der Waals surface area contributed by atoms with Gasteiger partial charge in [0.25, 0.3) is 21.6 Å². The lowest BCUT2D eigenvalue weighted by molar-refractivity contribution is -0.384. The Labute approximate surface area is 343 Å². The molecular weight excluding hydrogens is 769 g/mol. The molecule has 14 heteroatoms. The number of ether oxygens (including phenoxy) is 2. The van der Waals surface area contributed by atoms with Gasteiger partial charge in [-0.3, -0.25) is 14.9 Å². The van der Waals surface area contributed by atoms with E-state index in [-0.39, 0.29) is 22.9 Å². The van der Waals surface area contributed by atoms with Crippen LogP contribution in [0.4, 0.5) is 17.1 Å². The van der Waals surface area contributed by atoms with Crippen LogP contribution in [-0.2, 0) is 27.6 Å². The monoisotopic (exact) mass is 814 g/mol. The quantitative estimate of drug-likeness (QED) is 0.0715. The number of nitro benzene ring substituents is 1. The minimum Gasteiger partial charge on any atom is -0.455 e. The van der Waals surface area contributed by atoms with E-state index in [0.29, 0.717) is 37.2 Å². The zero-order valence-corrected chi connectivity index (χ0v) is 33.5. The van der Waals surface area contributed by atoms with Crippen LogP contribution in [0.25, 0.3) is 22.2 Å². The van der Waals surface area contributed by atoms with Gasteiger partial charge < -0.3 is 24.7 Å². The highest BCUT2D eigenvalue weighted by molar-refractivity contribution is 7.90. The van der Waals surface area contributed by atoms with Gasteiger partial charge in [-0.05, 0) is 115 Å². The van der Waals surface area contributed by atoms with E-state index in [1.165, 1.54) is 35.5 Å². The molecule has 0 saturated carbocycles. The number of carbonyl (C=O) groups excluding carboxylic acids is 1. The number of rotatable bonds is 14. The Morgan fingerprint density at radius 1 is 0.966 bits per heavy atom. The molecule has 2 fully saturated rings. The van der Waals surface area contributed by atoms with Crippen molar-refractivity contribution < 1.29 is 27.6 Å². The molecule has 0 radical (unpaired) electrons. The highest BCUT2D eigenvalue weighted by atomic mass is 32.2. The summed E-state index contributed by atoms with van der Waals surface area (Å²) >= 11 is 0. The lowest BCUT2D eigenvalue weighted by Crippen LogP contribution is -2.31. The highest BCUT2D eigenvalue weighted by Crippen LogP contribution is 2.35. The van der Waals surface area contributed by atoms with E-state index in [2.05, 4.69) is 68.2 Å². The molecule has 6 aromatic rings. The topological polar surface area (TPSA) is 169 Å². The number of pyridine rings is 1. The van der Waals surface area contributed by atoms with Crippen molar-refractivity contribution in [2.75, 3.05) is 36.5 Å². The fourth-order valence-corrected chi connectivity index (χ4v) is 8.96. The molecule has 2 saturated heterocycles. The zero-order valence-electron chi connectivity index (χ0n) is 32.7. The molecule has 4 aromatic carbocycles. The first kappa shape index (κ1) is 39.6. The molecular formula is C45H46N6O7S. The first-order valence-corrected chi connectivity index (χ1v) is 21.5. The number of hydrogen-bond acceptors (Lipinski definition) is 10. The van der Waals surface area contributed by atoms with E-state index in [4.69, 9.17) is 9.47 Å². The number of aromatic nitrogens is 2. The Morgan fingerprint density at radius 2 is 1.76 bits per heavy atom. The third-order valence-corrected chi connectivity index (χ3v) is 12.6. The van der Waals surface area contributed by atoms with Crippen molar-refractivity contribution in [1.82, 2.24) is 14.7 Å². The maximum atomic E-state index is 13.9. The molecule has 1 amide bonds. The van der Waals surface area contributed by atoms with Crippen LogP contribution in [-0.4, -0.2) is 61.6 Å². The SMILES string of the molecule is CCc1cccc(CC2CCCN2c2ccc(-c3ccc(C(=O)NS(=O)(=O)c4ccc(NCC5CCOCC5)c([N+](=O)[O-])c4)c(Oc4cnc5[nH]ccc5c4)c3)cc2)c1. The number of anilines is 2. The molecule has 0 aliphatic carbocycles. The minimum atomic E-state index is -4.56. The Bertz CT molecular complexity index is 2590. The van der Waals surface area contributed by atoms with Crippen LogP contribution in [0.3, 0.4) is 0 Å². The van der Waals surface area contributed by atoms with Crippen molar-refractivity contribution >= 4 is 44.0 Å². The summed E-state index contributed by atoms with van der Waals surface area (Å²) in [5, 5.41) is 15.9. The first-order chi connectivity index (χ1) is 28.6. The van der Waals surface area contributed by atoms with Gasteiger partial charge in [-0.15, -0.1) is 0 Å². The maximum Gasteiger partial charge on any atom is 0.293 e. The Balaban J connectivity index is 1.04. The number of sulfonamides is 1. The summed E-state index contributed by atoms with van der Waals surface area (Å²) in [7, 11) is -4.56. The Morgan fingerprint density at radius 3 is 2.56 bits per heavy atom. The van der Waals surface area contributed by atoms with Gasteiger partial charge in [-0.1, -0.05) is 49.4 Å². The largest absolute Gasteiger partial charge is 0.455 e. The summed E-state index contributed by atoms with van der Waals surface area (Å²) in [6, 6.07) is 29.6. The Kier molecular flexibility index (Phi) is 11.6. The molecule has 1 atom stereocenters. The second-order valence-corrected chi connectivity index (χ2v) is 16.8. The standard InChI is InChI=1S/C45H46N6O7S/c1-2-30-5-3-6-32(23-30)24-37-7-4-20-50(37)36-11-8-33(9-12-36)34-10-14-40(43(26-34)58-38-25-35-16-19-46-44(35)48-29-38)45(52)49-59(55,56)39-13-15-41(42(27-39)51(53)54)47-28-31-17-21-57-22-18-31/h3,5-6,8-16,19,23,25-27,29,31,37,47H,2,4,7,17-18,20-22,24,28H2,1H3,(H,46,48)(H,49,52). The number of aromatic amines is 1. The predicted octanol–water partition coefficient (Wildman–Crippen LogP) is 8.66. The summed E-state index contributed by atoms with van der Waals surface area (Å²) in [6.07, 6.45) is 9.15. The third-order valence-electron chi connectivity index (χ3n) is 11.2. The lowest BCUT2D eigenvalue weighted by Gasteiger charge is -2.27. The number of nitrogens with one attached hydrogen (secondary N) is 3. The van der Waals surface area contributed by atoms with Gasteiger partial charge in [0.2, 0.25) is 0 Å². The van der Waals surface area contributed by atoms with E-state index in [1.54, 1.807) is 24.4 Å². The molecule has 3 N–H and O–H groups in total. The molecule has 59 heavy (non-hydrogen) atoms. The molecule has 1 unspecified atom stereocenters. The van der Waals surface area contributed by atoms with Gasteiger partial charge >= 0.3 is 0 Å². The number of nitrogens with zero attached hydrogens (tertiary/aromatic N) is 3. The molecule has 304 valence electrons. The number of nitro groups is 1. The van der Waals surface area contributed by atoms with Crippen molar-refractivity contribution in [3.05, 3.63) is 136 Å². The minimum absolute atomic E-state index is 0.0561. The van der Waals surface area contributed by atoms with Gasteiger partial charge in [0.1, 0.15) is 22.8 Å². The number of aryl methyl sites for hydroxylation is 1. The van der Waals surface area contributed by atoms with Crippen LogP contribution >= 0.6 is 0 Å². The second kappa shape index (κ2) is 17.3. The van der Waals surface area contributed by atoms with Crippen molar-refractivity contribution in [3.63, 3.8) is 0 Å². The van der Waals surface area contributed by atoms with E-state index in [1.807, 2.05) is 18.2 Å². The van der Waals surface area contributed by atoms with Crippen LogP contribution in [0.5, 0.6) is 11.5 Å². The smallest absolute Gasteiger partial charge is 0.293 e. The van der Waals surface area contributed by atoms with E-state index < -0.39 is 31.4 Å². The predicted molar refractivity (Wildman–Crippen MR) is 228 cm³/mol. The molecule has 2 aromatic heterocycles. The molecule has 8 rings (SSSR count). The number of carbonyl (C=O) groups is 1. The van der Waals surface area contributed by atoms with Crippen LogP contribution in [0.2, 0.25) is 0 Å². The summed E-state index contributed by atoms with van der Waals surface area (Å²) in [6.45, 7) is 4.89. The summed E-state index contributed by atoms with van der Waals surface area (Å²) in [5.74, 6) is -0.253. The Hall–Kier alpha value is -6.25. The number of hydrogen-bond donors (Lipinski definition) is 3. The molecule has 2 aliphatic heterocycles. The van der Waals surface area contributed by atoms with Crippen molar-refractivity contribution in [1.29, 1.82) is 0 Å². The molecule has 2 aliphatic rings. The van der Waals surface area contributed by atoms with Gasteiger partial charge in [0, 0.05) is 55.7 Å². The van der Waals surface area contributed by atoms with Crippen molar-refractivity contribution in [2.45, 2.75) is 56.4 Å². The third kappa shape index (κ3) is 9.08. The summed E-state index contributed by atoms with van der Waals surface area (Å²) in [4.78, 5) is 34.8. The summed E-state index contributed by atoms with van der Waals surface area (Å²) < 4.78 is 41.0. The first-order valence-electron chi connectivity index (χ1n) is 20.0. The van der Waals surface area contributed by atoms with Crippen LogP contribution < -0.4 is 19.7 Å².